The predicted molar refractivity (Wildman–Crippen MR) is 54.9 cm³/mol. The average molecular weight is 179 g/mol. The lowest BCUT2D eigenvalue weighted by Crippen LogP contribution is -2.18. The summed E-state index contributed by atoms with van der Waals surface area (Å²) in [7, 11) is 0. The molecule has 2 heteroatoms. The molecule has 1 atom stereocenters. The molecule has 1 aromatic carbocycles. The van der Waals surface area contributed by atoms with Crippen LogP contribution in [0.25, 0.3) is 0 Å². The topological polar surface area (TPSA) is 35.2 Å². The van der Waals surface area contributed by atoms with Gasteiger partial charge in [0.2, 0.25) is 0 Å². The molecule has 0 aliphatic heterocycles. The molecule has 0 aliphatic carbocycles. The van der Waals surface area contributed by atoms with Crippen molar-refractivity contribution in [3.63, 3.8) is 0 Å². The SMILES string of the molecule is Cc1cccc(OCC(C)CN)c1. The van der Waals surface area contributed by atoms with E-state index in [0.717, 1.165) is 5.75 Å². The summed E-state index contributed by atoms with van der Waals surface area (Å²) in [6, 6.07) is 8.05. The van der Waals surface area contributed by atoms with Crippen molar-refractivity contribution in [2.24, 2.45) is 11.7 Å². The van der Waals surface area contributed by atoms with Gasteiger partial charge in [-0.15, -0.1) is 0 Å². The minimum atomic E-state index is 0.417. The smallest absolute Gasteiger partial charge is 0.119 e. The second-order valence-corrected chi connectivity index (χ2v) is 3.47. The van der Waals surface area contributed by atoms with Gasteiger partial charge >= 0.3 is 0 Å². The Morgan fingerprint density at radius 1 is 1.46 bits per heavy atom. The van der Waals surface area contributed by atoms with E-state index in [0.29, 0.717) is 19.1 Å². The molecule has 0 bridgehead atoms. The summed E-state index contributed by atoms with van der Waals surface area (Å²) in [6.07, 6.45) is 0. The zero-order valence-electron chi connectivity index (χ0n) is 8.29. The van der Waals surface area contributed by atoms with Gasteiger partial charge in [-0.1, -0.05) is 19.1 Å². The van der Waals surface area contributed by atoms with Crippen LogP contribution in [0.15, 0.2) is 24.3 Å². The molecule has 2 nitrogen and oxygen atoms in total. The number of aryl methyl sites for hydroxylation is 1. The zero-order valence-corrected chi connectivity index (χ0v) is 8.29. The second-order valence-electron chi connectivity index (χ2n) is 3.47. The van der Waals surface area contributed by atoms with Gasteiger partial charge in [-0.3, -0.25) is 0 Å². The van der Waals surface area contributed by atoms with Crippen LogP contribution in [0.4, 0.5) is 0 Å². The molecule has 0 spiro atoms. The fourth-order valence-corrected chi connectivity index (χ4v) is 1.01. The molecule has 72 valence electrons. The molecule has 13 heavy (non-hydrogen) atoms. The molecule has 1 unspecified atom stereocenters. The Bertz CT molecular complexity index is 260. The van der Waals surface area contributed by atoms with E-state index < -0.39 is 0 Å². The van der Waals surface area contributed by atoms with Crippen LogP contribution in [0.1, 0.15) is 12.5 Å². The molecule has 1 aromatic rings. The molecule has 0 radical (unpaired) electrons. The average Bonchev–Trinajstić information content (AvgIpc) is 2.14. The van der Waals surface area contributed by atoms with E-state index in [9.17, 15) is 0 Å². The third-order valence-electron chi connectivity index (χ3n) is 1.93. The van der Waals surface area contributed by atoms with Crippen LogP contribution in [0.3, 0.4) is 0 Å². The summed E-state index contributed by atoms with van der Waals surface area (Å²) in [4.78, 5) is 0. The lowest BCUT2D eigenvalue weighted by Gasteiger charge is -2.10. The minimum Gasteiger partial charge on any atom is -0.493 e. The van der Waals surface area contributed by atoms with Crippen molar-refractivity contribution >= 4 is 0 Å². The fraction of sp³-hybridized carbons (Fsp3) is 0.455. The maximum Gasteiger partial charge on any atom is 0.119 e. The van der Waals surface area contributed by atoms with Crippen molar-refractivity contribution in [1.82, 2.24) is 0 Å². The van der Waals surface area contributed by atoms with Crippen LogP contribution in [0.5, 0.6) is 5.75 Å². The van der Waals surface area contributed by atoms with E-state index in [1.807, 2.05) is 18.2 Å². The first-order valence-electron chi connectivity index (χ1n) is 4.62. The van der Waals surface area contributed by atoms with Gasteiger partial charge in [-0.05, 0) is 31.2 Å². The Hall–Kier alpha value is -1.02. The molecule has 0 fully saturated rings. The van der Waals surface area contributed by atoms with E-state index in [-0.39, 0.29) is 0 Å². The van der Waals surface area contributed by atoms with E-state index in [1.54, 1.807) is 0 Å². The zero-order chi connectivity index (χ0) is 9.68. The Kier molecular flexibility index (Phi) is 3.77. The van der Waals surface area contributed by atoms with Gasteiger partial charge in [0, 0.05) is 5.92 Å². The van der Waals surface area contributed by atoms with E-state index in [1.165, 1.54) is 5.56 Å². The predicted octanol–water partition coefficient (Wildman–Crippen LogP) is 1.97. The molecule has 0 aliphatic rings. The molecule has 0 saturated heterocycles. The lowest BCUT2D eigenvalue weighted by molar-refractivity contribution is 0.264. The van der Waals surface area contributed by atoms with Crippen LogP contribution in [-0.4, -0.2) is 13.2 Å². The number of hydrogen-bond donors (Lipinski definition) is 1. The van der Waals surface area contributed by atoms with Crippen LogP contribution < -0.4 is 10.5 Å². The van der Waals surface area contributed by atoms with E-state index in [2.05, 4.69) is 19.9 Å². The van der Waals surface area contributed by atoms with Crippen molar-refractivity contribution in [3.8, 4) is 5.75 Å². The van der Waals surface area contributed by atoms with Crippen LogP contribution in [0, 0.1) is 12.8 Å². The first-order valence-corrected chi connectivity index (χ1v) is 4.62. The summed E-state index contributed by atoms with van der Waals surface area (Å²) >= 11 is 0. The molecule has 0 heterocycles. The third-order valence-corrected chi connectivity index (χ3v) is 1.93. The van der Waals surface area contributed by atoms with Gasteiger partial charge < -0.3 is 10.5 Å². The monoisotopic (exact) mass is 179 g/mol. The van der Waals surface area contributed by atoms with E-state index >= 15 is 0 Å². The van der Waals surface area contributed by atoms with Gasteiger partial charge in [0.05, 0.1) is 6.61 Å². The Morgan fingerprint density at radius 3 is 2.85 bits per heavy atom. The highest BCUT2D eigenvalue weighted by Crippen LogP contribution is 2.12. The summed E-state index contributed by atoms with van der Waals surface area (Å²) in [5.41, 5.74) is 6.71. The van der Waals surface area contributed by atoms with Crippen molar-refractivity contribution in [2.45, 2.75) is 13.8 Å². The third kappa shape index (κ3) is 3.47. The molecule has 0 aromatic heterocycles. The van der Waals surface area contributed by atoms with Crippen LogP contribution in [0.2, 0.25) is 0 Å². The maximum atomic E-state index is 5.56. The molecule has 0 amide bonds. The molecular formula is C11H17NO. The van der Waals surface area contributed by atoms with Crippen LogP contribution in [-0.2, 0) is 0 Å². The van der Waals surface area contributed by atoms with E-state index in [4.69, 9.17) is 10.5 Å². The Morgan fingerprint density at radius 2 is 2.23 bits per heavy atom. The fourth-order valence-electron chi connectivity index (χ4n) is 1.01. The van der Waals surface area contributed by atoms with Crippen molar-refractivity contribution in [2.75, 3.05) is 13.2 Å². The largest absolute Gasteiger partial charge is 0.493 e. The normalized spacial score (nSPS) is 12.5. The first kappa shape index (κ1) is 10.1. The number of rotatable bonds is 4. The van der Waals surface area contributed by atoms with Crippen LogP contribution >= 0.6 is 0 Å². The molecule has 2 N–H and O–H groups in total. The van der Waals surface area contributed by atoms with Crippen molar-refractivity contribution < 1.29 is 4.74 Å². The standard InChI is InChI=1S/C11H17NO/c1-9-4-3-5-11(6-9)13-8-10(2)7-12/h3-6,10H,7-8,12H2,1-2H3. The minimum absolute atomic E-state index is 0.417. The van der Waals surface area contributed by atoms with Gasteiger partial charge in [-0.2, -0.15) is 0 Å². The Labute approximate surface area is 79.7 Å². The number of hydrogen-bond acceptors (Lipinski definition) is 2. The number of nitrogens with two attached hydrogens (primary N) is 1. The molecule has 1 rings (SSSR count). The quantitative estimate of drug-likeness (QED) is 0.767. The summed E-state index contributed by atoms with van der Waals surface area (Å²) < 4.78 is 5.56. The highest BCUT2D eigenvalue weighted by Gasteiger charge is 1.99. The van der Waals surface area contributed by atoms with Gasteiger partial charge in [0.1, 0.15) is 5.75 Å². The summed E-state index contributed by atoms with van der Waals surface area (Å²) in [5.74, 6) is 1.35. The Balaban J connectivity index is 2.45. The highest BCUT2D eigenvalue weighted by atomic mass is 16.5. The molecule has 0 saturated carbocycles. The van der Waals surface area contributed by atoms with Gasteiger partial charge in [0.25, 0.3) is 0 Å². The number of ether oxygens (including phenoxy) is 1. The van der Waals surface area contributed by atoms with Crippen molar-refractivity contribution in [3.05, 3.63) is 29.8 Å². The van der Waals surface area contributed by atoms with Crippen molar-refractivity contribution in [1.29, 1.82) is 0 Å². The number of benzene rings is 1. The maximum absolute atomic E-state index is 5.56. The highest BCUT2D eigenvalue weighted by molar-refractivity contribution is 5.27. The summed E-state index contributed by atoms with van der Waals surface area (Å²) in [6.45, 7) is 5.50. The molecular weight excluding hydrogens is 162 g/mol. The lowest BCUT2D eigenvalue weighted by atomic mass is 10.2. The summed E-state index contributed by atoms with van der Waals surface area (Å²) in [5, 5.41) is 0. The second kappa shape index (κ2) is 4.87. The van der Waals surface area contributed by atoms with Gasteiger partial charge in [0.15, 0.2) is 0 Å². The van der Waals surface area contributed by atoms with Gasteiger partial charge in [-0.25, -0.2) is 0 Å². The first-order chi connectivity index (χ1) is 6.22.